The Kier molecular flexibility index (Phi) is 7.12. The molecule has 1 atom stereocenters. The molecule has 2 aliphatic rings. The van der Waals surface area contributed by atoms with Gasteiger partial charge in [0.1, 0.15) is 6.54 Å². The third-order valence-electron chi connectivity index (χ3n) is 6.85. The van der Waals surface area contributed by atoms with Crippen molar-refractivity contribution in [3.8, 4) is 11.3 Å². The Morgan fingerprint density at radius 2 is 2.05 bits per heavy atom. The molecular formula is C26H30ClN7O3. The quantitative estimate of drug-likeness (QED) is 0.488. The average Bonchev–Trinajstić information content (AvgIpc) is 3.38. The molecule has 0 unspecified atom stereocenters. The van der Waals surface area contributed by atoms with E-state index >= 15 is 0 Å². The van der Waals surface area contributed by atoms with Crippen molar-refractivity contribution in [3.05, 3.63) is 58.0 Å². The Bertz CT molecular complexity index is 1320. The van der Waals surface area contributed by atoms with Crippen molar-refractivity contribution in [1.82, 2.24) is 30.0 Å². The van der Waals surface area contributed by atoms with E-state index in [9.17, 15) is 9.59 Å². The highest BCUT2D eigenvalue weighted by Gasteiger charge is 2.30. The molecule has 0 bridgehead atoms. The van der Waals surface area contributed by atoms with E-state index in [0.29, 0.717) is 42.0 Å². The minimum absolute atomic E-state index is 0.0353. The molecule has 10 nitrogen and oxygen atoms in total. The summed E-state index contributed by atoms with van der Waals surface area (Å²) in [4.78, 5) is 36.4. The minimum Gasteiger partial charge on any atom is -0.381 e. The molecule has 2 aromatic heterocycles. The van der Waals surface area contributed by atoms with Gasteiger partial charge in [0.2, 0.25) is 11.9 Å². The maximum absolute atomic E-state index is 13.2. The van der Waals surface area contributed by atoms with Gasteiger partial charge >= 0.3 is 0 Å². The van der Waals surface area contributed by atoms with Crippen LogP contribution in [0.5, 0.6) is 0 Å². The number of carbonyl (C=O) groups is 2. The molecule has 4 heterocycles. The lowest BCUT2D eigenvalue weighted by Crippen LogP contribution is -2.38. The molecule has 3 aromatic rings. The first kappa shape index (κ1) is 25.2. The van der Waals surface area contributed by atoms with E-state index in [1.807, 2.05) is 39.1 Å². The Hall–Kier alpha value is -3.50. The molecule has 5 rings (SSSR count). The zero-order valence-corrected chi connectivity index (χ0v) is 21.9. The maximum atomic E-state index is 13.2. The molecule has 2 amide bonds. The van der Waals surface area contributed by atoms with Gasteiger partial charge in [-0.3, -0.25) is 14.3 Å². The predicted octanol–water partition coefficient (Wildman–Crippen LogP) is 3.26. The molecular weight excluding hydrogens is 494 g/mol. The van der Waals surface area contributed by atoms with Gasteiger partial charge in [0, 0.05) is 49.7 Å². The summed E-state index contributed by atoms with van der Waals surface area (Å²) in [6, 6.07) is 7.50. The van der Waals surface area contributed by atoms with Crippen LogP contribution >= 0.6 is 11.6 Å². The summed E-state index contributed by atoms with van der Waals surface area (Å²) in [6.45, 7) is 5.59. The highest BCUT2D eigenvalue weighted by molar-refractivity contribution is 6.33. The predicted molar refractivity (Wildman–Crippen MR) is 139 cm³/mol. The monoisotopic (exact) mass is 523 g/mol. The summed E-state index contributed by atoms with van der Waals surface area (Å²) >= 11 is 6.44. The van der Waals surface area contributed by atoms with Crippen molar-refractivity contribution in [3.63, 3.8) is 0 Å². The number of aromatic nitrogens is 4. The number of anilines is 1. The zero-order valence-electron chi connectivity index (χ0n) is 21.1. The SMILES string of the molecule is Cc1cc([C@H](C)NC(=O)CN2Cc3ccc(-c4nc(NC5CCOCC5)ncc4Cl)cc3C2=O)nn1C. The number of carbonyl (C=O) groups excluding carboxylic acids is 2. The van der Waals surface area contributed by atoms with Crippen LogP contribution in [0.3, 0.4) is 0 Å². The first-order chi connectivity index (χ1) is 17.8. The minimum atomic E-state index is -0.261. The van der Waals surface area contributed by atoms with E-state index in [1.165, 1.54) is 0 Å². The molecule has 2 aliphatic heterocycles. The van der Waals surface area contributed by atoms with E-state index in [1.54, 1.807) is 21.8 Å². The summed E-state index contributed by atoms with van der Waals surface area (Å²) in [5, 5.41) is 11.1. The Morgan fingerprint density at radius 3 is 2.78 bits per heavy atom. The third-order valence-corrected chi connectivity index (χ3v) is 7.13. The standard InChI is InChI=1S/C26H30ClN7O3/c1-15-10-22(32-33(15)3)16(2)29-23(35)14-34-13-18-5-4-17(11-20(18)25(34)36)24-21(27)12-28-26(31-24)30-19-6-8-37-9-7-19/h4-5,10-12,16,19H,6-9,13-14H2,1-3H3,(H,29,35)(H,28,30,31)/t16-/m0/s1. The number of aryl methyl sites for hydroxylation is 2. The zero-order chi connectivity index (χ0) is 26.1. The average molecular weight is 524 g/mol. The van der Waals surface area contributed by atoms with Crippen LogP contribution in [-0.2, 0) is 23.1 Å². The van der Waals surface area contributed by atoms with Gasteiger partial charge in [-0.15, -0.1) is 0 Å². The summed E-state index contributed by atoms with van der Waals surface area (Å²) in [6.07, 6.45) is 3.35. The second-order valence-electron chi connectivity index (χ2n) is 9.58. The molecule has 0 aliphatic carbocycles. The lowest BCUT2D eigenvalue weighted by atomic mass is 10.0. The first-order valence-electron chi connectivity index (χ1n) is 12.4. The van der Waals surface area contributed by atoms with Crippen molar-refractivity contribution in [2.24, 2.45) is 7.05 Å². The van der Waals surface area contributed by atoms with Crippen LogP contribution < -0.4 is 10.6 Å². The first-order valence-corrected chi connectivity index (χ1v) is 12.8. The van der Waals surface area contributed by atoms with Gasteiger partial charge in [0.15, 0.2) is 0 Å². The molecule has 0 radical (unpaired) electrons. The van der Waals surface area contributed by atoms with E-state index in [2.05, 4.69) is 25.7 Å². The van der Waals surface area contributed by atoms with Crippen molar-refractivity contribution < 1.29 is 14.3 Å². The topological polar surface area (TPSA) is 114 Å². The summed E-state index contributed by atoms with van der Waals surface area (Å²) in [5.41, 5.74) is 4.47. The number of nitrogens with one attached hydrogen (secondary N) is 2. The van der Waals surface area contributed by atoms with Crippen LogP contribution in [0.1, 0.15) is 53.1 Å². The summed E-state index contributed by atoms with van der Waals surface area (Å²) in [7, 11) is 1.86. The number of nitrogens with zero attached hydrogens (tertiary/aromatic N) is 5. The molecule has 2 N–H and O–H groups in total. The fraction of sp³-hybridized carbons (Fsp3) is 0.423. The lowest BCUT2D eigenvalue weighted by molar-refractivity contribution is -0.122. The fourth-order valence-electron chi connectivity index (χ4n) is 4.63. The molecule has 0 saturated carbocycles. The largest absolute Gasteiger partial charge is 0.381 e. The van der Waals surface area contributed by atoms with E-state index in [0.717, 1.165) is 35.4 Å². The third kappa shape index (κ3) is 5.45. The van der Waals surface area contributed by atoms with Crippen molar-refractivity contribution in [2.45, 2.75) is 45.3 Å². The van der Waals surface area contributed by atoms with Crippen LogP contribution in [0.4, 0.5) is 5.95 Å². The number of fused-ring (bicyclic) bond motifs is 1. The number of hydrogen-bond donors (Lipinski definition) is 2. The van der Waals surface area contributed by atoms with Gasteiger partial charge in [-0.1, -0.05) is 23.7 Å². The van der Waals surface area contributed by atoms with E-state index in [-0.39, 0.29) is 30.4 Å². The van der Waals surface area contributed by atoms with Crippen molar-refractivity contribution in [1.29, 1.82) is 0 Å². The van der Waals surface area contributed by atoms with Gasteiger partial charge in [0.25, 0.3) is 5.91 Å². The fourth-order valence-corrected chi connectivity index (χ4v) is 4.83. The highest BCUT2D eigenvalue weighted by Crippen LogP contribution is 2.31. The van der Waals surface area contributed by atoms with Crippen molar-refractivity contribution in [2.75, 3.05) is 25.1 Å². The van der Waals surface area contributed by atoms with Gasteiger partial charge in [-0.05, 0) is 44.4 Å². The number of hydrogen-bond acceptors (Lipinski definition) is 7. The smallest absolute Gasteiger partial charge is 0.254 e. The van der Waals surface area contributed by atoms with Gasteiger partial charge in [-0.2, -0.15) is 5.10 Å². The Labute approximate surface area is 220 Å². The Morgan fingerprint density at radius 1 is 1.27 bits per heavy atom. The lowest BCUT2D eigenvalue weighted by Gasteiger charge is -2.23. The van der Waals surface area contributed by atoms with Crippen LogP contribution in [0.2, 0.25) is 5.02 Å². The second kappa shape index (κ2) is 10.5. The van der Waals surface area contributed by atoms with Crippen LogP contribution in [0, 0.1) is 6.92 Å². The number of halogens is 1. The molecule has 1 fully saturated rings. The second-order valence-corrected chi connectivity index (χ2v) is 9.98. The number of amides is 2. The highest BCUT2D eigenvalue weighted by atomic mass is 35.5. The normalized spacial score (nSPS) is 16.5. The molecule has 11 heteroatoms. The summed E-state index contributed by atoms with van der Waals surface area (Å²) in [5.74, 6) is 0.0626. The van der Waals surface area contributed by atoms with Gasteiger partial charge in [-0.25, -0.2) is 9.97 Å². The molecule has 37 heavy (non-hydrogen) atoms. The number of benzene rings is 1. The van der Waals surface area contributed by atoms with Crippen LogP contribution in [0.15, 0.2) is 30.5 Å². The molecule has 0 spiro atoms. The number of ether oxygens (including phenoxy) is 1. The van der Waals surface area contributed by atoms with Crippen LogP contribution in [-0.4, -0.2) is 62.3 Å². The summed E-state index contributed by atoms with van der Waals surface area (Å²) < 4.78 is 7.18. The maximum Gasteiger partial charge on any atom is 0.254 e. The van der Waals surface area contributed by atoms with Gasteiger partial charge in [0.05, 0.1) is 28.6 Å². The molecule has 1 aromatic carbocycles. The molecule has 1 saturated heterocycles. The van der Waals surface area contributed by atoms with Gasteiger partial charge < -0.3 is 20.3 Å². The Balaban J connectivity index is 1.27. The van der Waals surface area contributed by atoms with Crippen molar-refractivity contribution >= 4 is 29.4 Å². The van der Waals surface area contributed by atoms with E-state index in [4.69, 9.17) is 16.3 Å². The molecule has 194 valence electrons. The van der Waals surface area contributed by atoms with E-state index < -0.39 is 0 Å². The number of rotatable bonds is 7. The van der Waals surface area contributed by atoms with Crippen LogP contribution in [0.25, 0.3) is 11.3 Å².